The van der Waals surface area contributed by atoms with E-state index in [-0.39, 0.29) is 18.2 Å². The molecule has 2 amide bonds. The quantitative estimate of drug-likeness (QED) is 0.275. The Morgan fingerprint density at radius 2 is 1.54 bits per heavy atom. The fourth-order valence-electron chi connectivity index (χ4n) is 4.32. The van der Waals surface area contributed by atoms with E-state index in [1.54, 1.807) is 17.0 Å². The minimum absolute atomic E-state index is 0.178. The van der Waals surface area contributed by atoms with E-state index in [1.165, 1.54) is 12.1 Å². The highest BCUT2D eigenvalue weighted by Gasteiger charge is 2.23. The van der Waals surface area contributed by atoms with Gasteiger partial charge in [0, 0.05) is 25.3 Å². The second-order valence-corrected chi connectivity index (χ2v) is 9.61. The number of nitrogens with one attached hydrogen (secondary N) is 2. The van der Waals surface area contributed by atoms with Crippen molar-refractivity contribution in [1.29, 1.82) is 0 Å². The van der Waals surface area contributed by atoms with Crippen LogP contribution >= 0.6 is 0 Å². The third kappa shape index (κ3) is 9.01. The summed E-state index contributed by atoms with van der Waals surface area (Å²) in [7, 11) is 0. The van der Waals surface area contributed by atoms with E-state index in [9.17, 15) is 14.7 Å². The average Bonchev–Trinajstić information content (AvgIpc) is 2.96. The highest BCUT2D eigenvalue weighted by Crippen LogP contribution is 2.20. The lowest BCUT2D eigenvalue weighted by Gasteiger charge is -2.32. The topological polar surface area (TPSA) is 120 Å². The number of carbonyl (C=O) groups is 2. The first-order valence-electron chi connectivity index (χ1n) is 13.1. The predicted molar refractivity (Wildman–Crippen MR) is 148 cm³/mol. The Bertz CT molecular complexity index is 1180. The van der Waals surface area contributed by atoms with Gasteiger partial charge in [-0.25, -0.2) is 9.59 Å². The molecular formula is C30H35N3O6. The van der Waals surface area contributed by atoms with E-state index in [1.807, 2.05) is 54.6 Å². The zero-order valence-electron chi connectivity index (χ0n) is 21.8. The number of aromatic carboxylic acids is 1. The second kappa shape index (κ2) is 14.2. The molecule has 9 nitrogen and oxygen atoms in total. The number of carbonyl (C=O) groups excluding carboxylic acids is 1. The van der Waals surface area contributed by atoms with E-state index in [0.29, 0.717) is 43.6 Å². The van der Waals surface area contributed by atoms with Crippen molar-refractivity contribution in [3.05, 3.63) is 90.0 Å². The summed E-state index contributed by atoms with van der Waals surface area (Å²) in [5.74, 6) is 0.843. The number of hydrogen-bond acceptors (Lipinski definition) is 6. The Hall–Kier alpha value is -4.08. The molecule has 0 aromatic heterocycles. The van der Waals surface area contributed by atoms with Gasteiger partial charge in [-0.2, -0.15) is 0 Å². The summed E-state index contributed by atoms with van der Waals surface area (Å²) in [4.78, 5) is 25.2. The lowest BCUT2D eigenvalue weighted by molar-refractivity contribution is 0.0697. The summed E-state index contributed by atoms with van der Waals surface area (Å²) in [5.41, 5.74) is 1.85. The molecule has 4 N–H and O–H groups in total. The summed E-state index contributed by atoms with van der Waals surface area (Å²) < 4.78 is 11.5. The molecular weight excluding hydrogens is 498 g/mol. The Balaban J connectivity index is 1.07. The first-order chi connectivity index (χ1) is 19.0. The van der Waals surface area contributed by atoms with Gasteiger partial charge in [0.15, 0.2) is 0 Å². The number of aliphatic hydroxyl groups is 1. The Morgan fingerprint density at radius 1 is 0.897 bits per heavy atom. The van der Waals surface area contributed by atoms with Crippen molar-refractivity contribution in [2.24, 2.45) is 5.92 Å². The van der Waals surface area contributed by atoms with Gasteiger partial charge in [0.1, 0.15) is 30.8 Å². The number of aliphatic hydroxyl groups excluding tert-OH is 1. The van der Waals surface area contributed by atoms with Gasteiger partial charge in [0.05, 0.1) is 5.56 Å². The second-order valence-electron chi connectivity index (χ2n) is 9.61. The number of hydrogen-bond donors (Lipinski definition) is 4. The number of carboxylic acid groups (broad SMARTS) is 1. The lowest BCUT2D eigenvalue weighted by Crippen LogP contribution is -2.43. The van der Waals surface area contributed by atoms with Crippen LogP contribution in [-0.2, 0) is 6.61 Å². The smallest absolute Gasteiger partial charge is 0.335 e. The Labute approximate surface area is 228 Å². The maximum absolute atomic E-state index is 12.5. The van der Waals surface area contributed by atoms with Crippen molar-refractivity contribution < 1.29 is 29.3 Å². The fourth-order valence-corrected chi connectivity index (χ4v) is 4.32. The molecule has 0 saturated carbocycles. The summed E-state index contributed by atoms with van der Waals surface area (Å²) in [6, 6.07) is 23.3. The van der Waals surface area contributed by atoms with Crippen molar-refractivity contribution in [1.82, 2.24) is 10.2 Å². The van der Waals surface area contributed by atoms with E-state index < -0.39 is 12.1 Å². The van der Waals surface area contributed by atoms with E-state index in [0.717, 1.165) is 30.7 Å². The number of amides is 2. The summed E-state index contributed by atoms with van der Waals surface area (Å²) in [5, 5.41) is 25.4. The van der Waals surface area contributed by atoms with Crippen LogP contribution < -0.4 is 20.1 Å². The van der Waals surface area contributed by atoms with E-state index >= 15 is 0 Å². The number of carboxylic acids is 1. The average molecular weight is 534 g/mol. The van der Waals surface area contributed by atoms with Crippen LogP contribution in [0.15, 0.2) is 78.9 Å². The molecule has 0 aliphatic carbocycles. The standard InChI is InChI=1S/C30H35N3O6/c34-26(21-39-28-12-10-27(11-13-28)38-20-23-4-2-1-3-5-23)19-31-18-22-14-16-33(17-15-22)30(37)32-25-8-6-24(7-9-25)29(35)36/h1-13,22,26,31,34H,14-21H2,(H,32,37)(H,35,36)/t26-/m0/s1. The molecule has 3 aromatic carbocycles. The van der Waals surface area contributed by atoms with Crippen molar-refractivity contribution in [3.63, 3.8) is 0 Å². The molecule has 1 saturated heterocycles. The number of piperidine rings is 1. The molecule has 3 aromatic rings. The molecule has 1 atom stereocenters. The van der Waals surface area contributed by atoms with Crippen LogP contribution in [0.4, 0.5) is 10.5 Å². The SMILES string of the molecule is O=C(O)c1ccc(NC(=O)N2CCC(CNC[C@H](O)COc3ccc(OCc4ccccc4)cc3)CC2)cc1. The van der Waals surface area contributed by atoms with Crippen LogP contribution in [0.2, 0.25) is 0 Å². The third-order valence-corrected chi connectivity index (χ3v) is 6.61. The summed E-state index contributed by atoms with van der Waals surface area (Å²) >= 11 is 0. The minimum Gasteiger partial charge on any atom is -0.491 e. The van der Waals surface area contributed by atoms with Gasteiger partial charge in [-0.15, -0.1) is 0 Å². The molecule has 4 rings (SSSR count). The minimum atomic E-state index is -1.00. The van der Waals surface area contributed by atoms with Gasteiger partial charge in [-0.3, -0.25) is 0 Å². The number of benzene rings is 3. The van der Waals surface area contributed by atoms with E-state index in [2.05, 4.69) is 10.6 Å². The molecule has 1 fully saturated rings. The molecule has 1 heterocycles. The maximum Gasteiger partial charge on any atom is 0.335 e. The zero-order chi connectivity index (χ0) is 27.5. The van der Waals surface area contributed by atoms with Gasteiger partial charge >= 0.3 is 12.0 Å². The molecule has 9 heteroatoms. The monoisotopic (exact) mass is 533 g/mol. The number of rotatable bonds is 12. The molecule has 0 radical (unpaired) electrons. The van der Waals surface area contributed by atoms with Crippen molar-refractivity contribution in [3.8, 4) is 11.5 Å². The number of likely N-dealkylation sites (tertiary alicyclic amines) is 1. The number of anilines is 1. The molecule has 0 spiro atoms. The third-order valence-electron chi connectivity index (χ3n) is 6.61. The maximum atomic E-state index is 12.5. The van der Waals surface area contributed by atoms with Crippen LogP contribution in [0.3, 0.4) is 0 Å². The van der Waals surface area contributed by atoms with Crippen molar-refractivity contribution in [2.75, 3.05) is 38.1 Å². The van der Waals surface area contributed by atoms with Crippen LogP contribution in [-0.4, -0.2) is 66.0 Å². The number of nitrogens with zero attached hydrogens (tertiary/aromatic N) is 1. The zero-order valence-corrected chi connectivity index (χ0v) is 21.8. The summed E-state index contributed by atoms with van der Waals surface area (Å²) in [6.45, 7) is 3.15. The number of urea groups is 1. The van der Waals surface area contributed by atoms with Gasteiger partial charge in [0.25, 0.3) is 0 Å². The Kier molecular flexibility index (Phi) is 10.2. The molecule has 0 bridgehead atoms. The first kappa shape index (κ1) is 27.9. The molecule has 0 unspecified atom stereocenters. The highest BCUT2D eigenvalue weighted by molar-refractivity contribution is 5.91. The largest absolute Gasteiger partial charge is 0.491 e. The number of ether oxygens (including phenoxy) is 2. The van der Waals surface area contributed by atoms with Crippen LogP contribution in [0.1, 0.15) is 28.8 Å². The van der Waals surface area contributed by atoms with Crippen LogP contribution in [0.5, 0.6) is 11.5 Å². The summed E-state index contributed by atoms with van der Waals surface area (Å²) in [6.07, 6.45) is 1.09. The molecule has 1 aliphatic rings. The van der Waals surface area contributed by atoms with Gasteiger partial charge in [-0.05, 0) is 79.4 Å². The van der Waals surface area contributed by atoms with E-state index in [4.69, 9.17) is 14.6 Å². The lowest BCUT2D eigenvalue weighted by atomic mass is 9.97. The first-order valence-corrected chi connectivity index (χ1v) is 13.1. The van der Waals surface area contributed by atoms with Crippen LogP contribution in [0, 0.1) is 5.92 Å². The highest BCUT2D eigenvalue weighted by atomic mass is 16.5. The fraction of sp³-hybridized carbons (Fsp3) is 0.333. The Morgan fingerprint density at radius 3 is 2.18 bits per heavy atom. The van der Waals surface area contributed by atoms with Gasteiger partial charge < -0.3 is 35.2 Å². The molecule has 39 heavy (non-hydrogen) atoms. The van der Waals surface area contributed by atoms with Gasteiger partial charge in [0.2, 0.25) is 0 Å². The van der Waals surface area contributed by atoms with Crippen LogP contribution in [0.25, 0.3) is 0 Å². The molecule has 1 aliphatic heterocycles. The van der Waals surface area contributed by atoms with Crippen molar-refractivity contribution in [2.45, 2.75) is 25.6 Å². The van der Waals surface area contributed by atoms with Crippen molar-refractivity contribution >= 4 is 17.7 Å². The normalized spacial score (nSPS) is 14.4. The predicted octanol–water partition coefficient (Wildman–Crippen LogP) is 4.24. The molecule has 206 valence electrons. The van der Waals surface area contributed by atoms with Gasteiger partial charge in [-0.1, -0.05) is 30.3 Å².